The fraction of sp³-hybridized carbons (Fsp3) is 0.577. The van der Waals surface area contributed by atoms with Gasteiger partial charge in [-0.05, 0) is 43.9 Å². The summed E-state index contributed by atoms with van der Waals surface area (Å²) in [7, 11) is 0. The predicted octanol–water partition coefficient (Wildman–Crippen LogP) is 1.98. The van der Waals surface area contributed by atoms with Gasteiger partial charge in [-0.3, -0.25) is 20.4 Å². The molecule has 0 saturated carbocycles. The highest BCUT2D eigenvalue weighted by Crippen LogP contribution is 2.24. The number of urea groups is 1. The zero-order valence-electron chi connectivity index (χ0n) is 21.7. The van der Waals surface area contributed by atoms with Crippen LogP contribution in [-0.2, 0) is 4.79 Å². The molecule has 1 aromatic carbocycles. The average molecular weight is 507 g/mol. The average Bonchev–Trinajstić information content (AvgIpc) is 3.24. The molecule has 0 spiro atoms. The molecule has 1 aromatic rings. The van der Waals surface area contributed by atoms with Crippen molar-refractivity contribution >= 4 is 17.6 Å². The van der Waals surface area contributed by atoms with Gasteiger partial charge in [0.25, 0.3) is 0 Å². The van der Waals surface area contributed by atoms with E-state index in [4.69, 9.17) is 5.41 Å². The number of likely N-dealkylation sites (tertiary alicyclic amines) is 1. The first kappa shape index (κ1) is 27.9. The Bertz CT molecular complexity index is 1050. The largest absolute Gasteiger partial charge is 0.418 e. The van der Waals surface area contributed by atoms with E-state index >= 15 is 0 Å². The van der Waals surface area contributed by atoms with Crippen molar-refractivity contribution in [3.8, 4) is 0 Å². The molecule has 8 nitrogen and oxygen atoms in total. The first-order chi connectivity index (χ1) is 16.8. The Morgan fingerprint density at radius 3 is 2.44 bits per heavy atom. The third kappa shape index (κ3) is 6.54. The number of hydrogen-bond donors (Lipinski definition) is 4. The zero-order chi connectivity index (χ0) is 26.8. The molecular weight excluding hydrogens is 468 g/mol. The maximum atomic E-state index is 13.9. The van der Waals surface area contributed by atoms with E-state index < -0.39 is 35.2 Å². The lowest BCUT2D eigenvalue weighted by atomic mass is 9.86. The summed E-state index contributed by atoms with van der Waals surface area (Å²) in [5, 5.41) is 22.8. The summed E-state index contributed by atoms with van der Waals surface area (Å²) < 4.78 is 27.3. The smallest absolute Gasteiger partial charge is 0.391 e. The SMILES string of the molecule is CC(C)N1CCC([NH2+]C(=O)N[C@H](C(=O)N2CC[C@H](O)C2)C(C)(C)C)=C(C(=N)c2ccc(F)c(F)c2)C1. The minimum absolute atomic E-state index is 0.0350. The monoisotopic (exact) mass is 506 g/mol. The lowest BCUT2D eigenvalue weighted by Gasteiger charge is -2.34. The van der Waals surface area contributed by atoms with E-state index in [1.807, 2.05) is 34.6 Å². The van der Waals surface area contributed by atoms with E-state index in [1.54, 1.807) is 4.90 Å². The number of rotatable bonds is 6. The summed E-state index contributed by atoms with van der Waals surface area (Å²) >= 11 is 0. The van der Waals surface area contributed by atoms with Crippen molar-refractivity contribution in [2.75, 3.05) is 26.2 Å². The Morgan fingerprint density at radius 1 is 1.19 bits per heavy atom. The molecule has 10 heteroatoms. The van der Waals surface area contributed by atoms with Crippen molar-refractivity contribution < 1.29 is 28.8 Å². The van der Waals surface area contributed by atoms with Gasteiger partial charge in [0, 0.05) is 49.8 Å². The minimum Gasteiger partial charge on any atom is -0.391 e. The van der Waals surface area contributed by atoms with Crippen LogP contribution in [-0.4, -0.2) is 76.9 Å². The number of β-amino-alcohol motifs (C(OH)–C–C–N with tert-alkyl or cyclic N) is 1. The van der Waals surface area contributed by atoms with Crippen molar-refractivity contribution in [3.63, 3.8) is 0 Å². The van der Waals surface area contributed by atoms with Gasteiger partial charge >= 0.3 is 6.03 Å². The molecule has 0 bridgehead atoms. The molecule has 2 heterocycles. The summed E-state index contributed by atoms with van der Waals surface area (Å²) in [6.45, 7) is 11.4. The topological polar surface area (TPSA) is 113 Å². The lowest BCUT2D eigenvalue weighted by molar-refractivity contribution is -0.508. The maximum absolute atomic E-state index is 13.9. The Kier molecular flexibility index (Phi) is 8.63. The van der Waals surface area contributed by atoms with Gasteiger partial charge in [-0.1, -0.05) is 20.8 Å². The number of nitrogens with zero attached hydrogens (tertiary/aromatic N) is 2. The van der Waals surface area contributed by atoms with Gasteiger partial charge in [0.1, 0.15) is 11.7 Å². The van der Waals surface area contributed by atoms with Crippen LogP contribution in [0.25, 0.3) is 0 Å². The number of aliphatic hydroxyl groups excluding tert-OH is 1. The number of aliphatic hydroxyl groups is 1. The van der Waals surface area contributed by atoms with Crippen LogP contribution < -0.4 is 10.6 Å². The summed E-state index contributed by atoms with van der Waals surface area (Å²) in [6, 6.07) is 2.30. The second-order valence-electron chi connectivity index (χ2n) is 11.0. The fourth-order valence-electron chi connectivity index (χ4n) is 4.58. The normalized spacial score (nSPS) is 20.1. The molecular formula is C26H38F2N5O3+. The van der Waals surface area contributed by atoms with Crippen molar-refractivity contribution in [1.29, 1.82) is 5.41 Å². The Hall–Kier alpha value is -2.69. The van der Waals surface area contributed by atoms with E-state index in [0.717, 1.165) is 12.1 Å². The van der Waals surface area contributed by atoms with Gasteiger partial charge in [0.15, 0.2) is 11.6 Å². The van der Waals surface area contributed by atoms with Gasteiger partial charge in [0.2, 0.25) is 5.91 Å². The van der Waals surface area contributed by atoms with Crippen LogP contribution in [0, 0.1) is 22.5 Å². The molecule has 5 N–H and O–H groups in total. The van der Waals surface area contributed by atoms with Crippen LogP contribution in [0.3, 0.4) is 0 Å². The van der Waals surface area contributed by atoms with E-state index in [9.17, 15) is 23.5 Å². The number of quaternary nitrogens is 1. The molecule has 36 heavy (non-hydrogen) atoms. The fourth-order valence-corrected chi connectivity index (χ4v) is 4.58. The summed E-state index contributed by atoms with van der Waals surface area (Å²) in [6.07, 6.45) is 0.453. The number of nitrogens with one attached hydrogen (secondary N) is 2. The first-order valence-electron chi connectivity index (χ1n) is 12.4. The number of nitrogens with two attached hydrogens (primary N) is 1. The Morgan fingerprint density at radius 2 is 1.89 bits per heavy atom. The van der Waals surface area contributed by atoms with Crippen LogP contribution in [0.4, 0.5) is 13.6 Å². The highest BCUT2D eigenvalue weighted by molar-refractivity contribution is 6.11. The van der Waals surface area contributed by atoms with Crippen LogP contribution in [0.2, 0.25) is 0 Å². The quantitative estimate of drug-likeness (QED) is 0.442. The van der Waals surface area contributed by atoms with Gasteiger partial charge in [-0.2, -0.15) is 0 Å². The molecule has 3 amide bonds. The third-order valence-corrected chi connectivity index (χ3v) is 6.84. The number of halogens is 2. The van der Waals surface area contributed by atoms with Gasteiger partial charge in [0.05, 0.1) is 11.8 Å². The van der Waals surface area contributed by atoms with E-state index in [2.05, 4.69) is 10.2 Å². The van der Waals surface area contributed by atoms with Crippen molar-refractivity contribution in [2.24, 2.45) is 5.41 Å². The predicted molar refractivity (Wildman–Crippen MR) is 132 cm³/mol. The van der Waals surface area contributed by atoms with E-state index in [0.29, 0.717) is 43.7 Å². The third-order valence-electron chi connectivity index (χ3n) is 6.84. The zero-order valence-corrected chi connectivity index (χ0v) is 21.7. The standard InChI is InChI=1S/C26H37F2N5O3/c1-15(2)32-11-9-21(18(14-32)22(29)16-6-7-19(27)20(28)12-16)30-25(36)31-23(26(3,4)5)24(35)33-10-8-17(34)13-33/h6-7,12,15,17,23,29,34H,8-11,13-14H2,1-5H3,(H2,30,31,36)/p+1/t17-,23+/m0/s1. The molecule has 0 aromatic heterocycles. The Labute approximate surface area is 211 Å². The highest BCUT2D eigenvalue weighted by Gasteiger charge is 2.39. The molecule has 0 unspecified atom stereocenters. The number of carbonyl (C=O) groups excluding carboxylic acids is 2. The minimum atomic E-state index is -1.03. The lowest BCUT2D eigenvalue weighted by Crippen LogP contribution is -2.90. The molecule has 1 fully saturated rings. The summed E-state index contributed by atoms with van der Waals surface area (Å²) in [4.78, 5) is 30.1. The van der Waals surface area contributed by atoms with Crippen LogP contribution in [0.5, 0.6) is 0 Å². The second-order valence-corrected chi connectivity index (χ2v) is 11.0. The summed E-state index contributed by atoms with van der Waals surface area (Å²) in [5.41, 5.74) is 0.905. The highest BCUT2D eigenvalue weighted by atomic mass is 19.2. The molecule has 1 saturated heterocycles. The molecule has 2 atom stereocenters. The van der Waals surface area contributed by atoms with Gasteiger partial charge < -0.3 is 10.0 Å². The molecule has 2 aliphatic rings. The second kappa shape index (κ2) is 11.1. The number of primary amides is 1. The van der Waals surface area contributed by atoms with Crippen molar-refractivity contribution in [3.05, 3.63) is 46.7 Å². The van der Waals surface area contributed by atoms with Crippen LogP contribution in [0.1, 0.15) is 53.0 Å². The van der Waals surface area contributed by atoms with Gasteiger partial charge in [-0.25, -0.2) is 18.9 Å². The Balaban J connectivity index is 1.84. The molecule has 2 aliphatic heterocycles. The van der Waals surface area contributed by atoms with Crippen molar-refractivity contribution in [2.45, 2.75) is 65.6 Å². The first-order valence-corrected chi connectivity index (χ1v) is 12.4. The van der Waals surface area contributed by atoms with Crippen LogP contribution in [0.15, 0.2) is 29.5 Å². The van der Waals surface area contributed by atoms with Gasteiger partial charge in [-0.15, -0.1) is 0 Å². The number of carbonyl (C=O) groups is 2. The van der Waals surface area contributed by atoms with E-state index in [1.165, 1.54) is 11.4 Å². The number of amides is 3. The van der Waals surface area contributed by atoms with Crippen molar-refractivity contribution in [1.82, 2.24) is 15.1 Å². The van der Waals surface area contributed by atoms with Crippen LogP contribution >= 0.6 is 0 Å². The molecule has 0 radical (unpaired) electrons. The maximum Gasteiger partial charge on any atom is 0.418 e. The molecule has 3 rings (SSSR count). The number of benzene rings is 1. The van der Waals surface area contributed by atoms with E-state index in [-0.39, 0.29) is 29.8 Å². The number of hydrogen-bond acceptors (Lipinski definition) is 5. The summed E-state index contributed by atoms with van der Waals surface area (Å²) in [5.74, 6) is -2.25. The molecule has 0 aliphatic carbocycles. The molecule has 198 valence electrons.